The number of aromatic amines is 1. The SMILES string of the molecule is O=C(N[C@H](c1nc2c(F)c(CC3CCNC3=O)ccc2[nH]1)C(C1CC1)C1CC1)OCc1ccccc1. The Bertz CT molecular complexity index is 1260. The van der Waals surface area contributed by atoms with E-state index in [1.807, 2.05) is 36.4 Å². The number of ether oxygens (including phenoxy) is 1. The third-order valence-corrected chi connectivity index (χ3v) is 7.82. The molecule has 2 heterocycles. The summed E-state index contributed by atoms with van der Waals surface area (Å²) in [7, 11) is 0. The second-order valence-corrected chi connectivity index (χ2v) is 10.5. The van der Waals surface area contributed by atoms with Crippen molar-refractivity contribution in [3.8, 4) is 0 Å². The summed E-state index contributed by atoms with van der Waals surface area (Å²) >= 11 is 0. The molecule has 0 bridgehead atoms. The summed E-state index contributed by atoms with van der Waals surface area (Å²) < 4.78 is 21.0. The largest absolute Gasteiger partial charge is 0.445 e. The van der Waals surface area contributed by atoms with Crippen LogP contribution in [0, 0.1) is 29.5 Å². The standard InChI is InChI=1S/C28H31FN4O3/c29-23-19(14-20-12-13-30-27(20)34)10-11-21-24(23)32-26(31-21)25(22(17-6-7-17)18-8-9-18)33-28(35)36-15-16-4-2-1-3-5-16/h1-5,10-11,17-18,20,22,25H,6-9,12-15H2,(H,30,34)(H,31,32)(H,33,35)/t20?,25-/m0/s1. The summed E-state index contributed by atoms with van der Waals surface area (Å²) in [6, 6.07) is 12.8. The Morgan fingerprint density at radius 2 is 1.83 bits per heavy atom. The number of nitrogens with zero attached hydrogens (tertiary/aromatic N) is 1. The Kier molecular flexibility index (Phi) is 6.11. The topological polar surface area (TPSA) is 96.1 Å². The van der Waals surface area contributed by atoms with Crippen LogP contribution < -0.4 is 10.6 Å². The zero-order valence-corrected chi connectivity index (χ0v) is 20.1. The Morgan fingerprint density at radius 3 is 2.50 bits per heavy atom. The van der Waals surface area contributed by atoms with Gasteiger partial charge in [0.25, 0.3) is 0 Å². The van der Waals surface area contributed by atoms with E-state index >= 15 is 4.39 Å². The van der Waals surface area contributed by atoms with Crippen LogP contribution in [0.3, 0.4) is 0 Å². The highest BCUT2D eigenvalue weighted by atomic mass is 19.1. The molecule has 0 spiro atoms. The van der Waals surface area contributed by atoms with Crippen molar-refractivity contribution in [2.45, 2.75) is 51.2 Å². The Balaban J connectivity index is 1.26. The Hall–Kier alpha value is -3.42. The summed E-state index contributed by atoms with van der Waals surface area (Å²) in [6.45, 7) is 0.821. The molecule has 36 heavy (non-hydrogen) atoms. The fourth-order valence-electron chi connectivity index (χ4n) is 5.64. The number of benzene rings is 2. The van der Waals surface area contributed by atoms with Crippen LogP contribution in [0.4, 0.5) is 9.18 Å². The van der Waals surface area contributed by atoms with Crippen LogP contribution in [0.15, 0.2) is 42.5 Å². The Morgan fingerprint density at radius 1 is 1.08 bits per heavy atom. The number of aromatic nitrogens is 2. The molecule has 1 aliphatic heterocycles. The van der Waals surface area contributed by atoms with Crippen molar-refractivity contribution >= 4 is 23.0 Å². The van der Waals surface area contributed by atoms with Crippen molar-refractivity contribution in [1.29, 1.82) is 0 Å². The first-order chi connectivity index (χ1) is 17.6. The molecule has 2 aliphatic carbocycles. The van der Waals surface area contributed by atoms with E-state index in [4.69, 9.17) is 4.74 Å². The molecular formula is C28H31FN4O3. The monoisotopic (exact) mass is 490 g/mol. The number of hydrogen-bond acceptors (Lipinski definition) is 4. The lowest BCUT2D eigenvalue weighted by Gasteiger charge is -2.26. The second kappa shape index (κ2) is 9.56. The molecule has 2 amide bonds. The minimum Gasteiger partial charge on any atom is -0.445 e. The molecule has 2 saturated carbocycles. The Labute approximate surface area is 209 Å². The van der Waals surface area contributed by atoms with Gasteiger partial charge in [0.15, 0.2) is 5.82 Å². The van der Waals surface area contributed by atoms with Crippen LogP contribution in [-0.4, -0.2) is 28.5 Å². The summed E-state index contributed by atoms with van der Waals surface area (Å²) in [4.78, 5) is 32.8. The molecule has 2 atom stereocenters. The number of rotatable bonds is 9. The van der Waals surface area contributed by atoms with Crippen LogP contribution in [0.2, 0.25) is 0 Å². The summed E-state index contributed by atoms with van der Waals surface area (Å²) in [6.07, 6.45) is 5.13. The average Bonchev–Trinajstić information content (AvgIpc) is 3.82. The highest BCUT2D eigenvalue weighted by Gasteiger charge is 2.47. The maximum atomic E-state index is 15.5. The molecule has 3 aromatic rings. The third-order valence-electron chi connectivity index (χ3n) is 7.82. The number of imidazole rings is 1. The second-order valence-electron chi connectivity index (χ2n) is 10.5. The number of hydrogen-bond donors (Lipinski definition) is 3. The number of nitrogens with one attached hydrogen (secondary N) is 3. The summed E-state index contributed by atoms with van der Waals surface area (Å²) in [5, 5.41) is 5.89. The molecule has 8 heteroatoms. The first kappa shape index (κ1) is 23.0. The van der Waals surface area contributed by atoms with E-state index in [2.05, 4.69) is 20.6 Å². The van der Waals surface area contributed by atoms with E-state index in [1.165, 1.54) is 0 Å². The number of carbonyl (C=O) groups is 2. The number of fused-ring (bicyclic) bond motifs is 1. The van der Waals surface area contributed by atoms with Gasteiger partial charge in [-0.05, 0) is 73.5 Å². The van der Waals surface area contributed by atoms with Gasteiger partial charge in [0.05, 0.1) is 11.6 Å². The first-order valence-corrected chi connectivity index (χ1v) is 13.0. The highest BCUT2D eigenvalue weighted by Crippen LogP contribution is 2.54. The molecule has 2 aromatic carbocycles. The zero-order chi connectivity index (χ0) is 24.6. The van der Waals surface area contributed by atoms with Gasteiger partial charge in [0.1, 0.15) is 17.9 Å². The van der Waals surface area contributed by atoms with Crippen molar-refractivity contribution in [2.75, 3.05) is 6.54 Å². The normalized spacial score (nSPS) is 20.5. The maximum absolute atomic E-state index is 15.5. The van der Waals surface area contributed by atoms with Crippen molar-refractivity contribution in [2.24, 2.45) is 23.7 Å². The lowest BCUT2D eigenvalue weighted by molar-refractivity contribution is -0.122. The van der Waals surface area contributed by atoms with E-state index in [-0.39, 0.29) is 35.9 Å². The van der Waals surface area contributed by atoms with Gasteiger partial charge in [-0.2, -0.15) is 0 Å². The minimum atomic E-state index is -0.496. The van der Waals surface area contributed by atoms with Gasteiger partial charge < -0.3 is 20.4 Å². The van der Waals surface area contributed by atoms with Crippen LogP contribution in [0.25, 0.3) is 11.0 Å². The molecule has 6 rings (SSSR count). The zero-order valence-electron chi connectivity index (χ0n) is 20.1. The molecule has 1 aromatic heterocycles. The van der Waals surface area contributed by atoms with Crippen molar-refractivity contribution in [3.05, 3.63) is 65.2 Å². The van der Waals surface area contributed by atoms with Crippen LogP contribution in [-0.2, 0) is 22.6 Å². The summed E-state index contributed by atoms with van der Waals surface area (Å²) in [5.41, 5.74) is 2.27. The smallest absolute Gasteiger partial charge is 0.408 e. The average molecular weight is 491 g/mol. The van der Waals surface area contributed by atoms with Gasteiger partial charge in [0, 0.05) is 12.5 Å². The lowest BCUT2D eigenvalue weighted by Crippen LogP contribution is -2.36. The quantitative estimate of drug-likeness (QED) is 0.402. The first-order valence-electron chi connectivity index (χ1n) is 13.0. The van der Waals surface area contributed by atoms with Crippen LogP contribution in [0.5, 0.6) is 0 Å². The van der Waals surface area contributed by atoms with Crippen molar-refractivity contribution in [3.63, 3.8) is 0 Å². The van der Waals surface area contributed by atoms with Gasteiger partial charge in [-0.15, -0.1) is 0 Å². The van der Waals surface area contributed by atoms with Crippen molar-refractivity contribution in [1.82, 2.24) is 20.6 Å². The predicted octanol–water partition coefficient (Wildman–Crippen LogP) is 4.78. The van der Waals surface area contributed by atoms with Crippen LogP contribution in [0.1, 0.15) is 55.1 Å². The molecular weight excluding hydrogens is 459 g/mol. The molecule has 1 unspecified atom stereocenters. The van der Waals surface area contributed by atoms with Gasteiger partial charge in [-0.25, -0.2) is 14.2 Å². The number of amides is 2. The van der Waals surface area contributed by atoms with E-state index in [9.17, 15) is 9.59 Å². The number of alkyl carbamates (subject to hydrolysis) is 1. The van der Waals surface area contributed by atoms with E-state index < -0.39 is 11.9 Å². The summed E-state index contributed by atoms with van der Waals surface area (Å²) in [5.74, 6) is 1.26. The van der Waals surface area contributed by atoms with Gasteiger partial charge >= 0.3 is 6.09 Å². The van der Waals surface area contributed by atoms with Crippen LogP contribution >= 0.6 is 0 Å². The van der Waals surface area contributed by atoms with Gasteiger partial charge in [0.2, 0.25) is 5.91 Å². The van der Waals surface area contributed by atoms with Gasteiger partial charge in [-0.3, -0.25) is 4.79 Å². The van der Waals surface area contributed by atoms with Crippen molar-refractivity contribution < 1.29 is 18.7 Å². The van der Waals surface area contributed by atoms with E-state index in [0.717, 1.165) is 31.2 Å². The molecule has 3 aliphatic rings. The number of halogens is 1. The molecule has 188 valence electrons. The minimum absolute atomic E-state index is 0.0211. The van der Waals surface area contributed by atoms with E-state index in [0.29, 0.717) is 48.1 Å². The highest BCUT2D eigenvalue weighted by molar-refractivity contribution is 5.81. The molecule has 1 saturated heterocycles. The molecule has 7 nitrogen and oxygen atoms in total. The number of carbonyl (C=O) groups excluding carboxylic acids is 2. The maximum Gasteiger partial charge on any atom is 0.408 e. The van der Waals surface area contributed by atoms with Gasteiger partial charge in [-0.1, -0.05) is 36.4 Å². The third kappa shape index (κ3) is 4.81. The molecule has 3 fully saturated rings. The fourth-order valence-corrected chi connectivity index (χ4v) is 5.64. The fraction of sp³-hybridized carbons (Fsp3) is 0.464. The molecule has 3 N–H and O–H groups in total. The predicted molar refractivity (Wildman–Crippen MR) is 132 cm³/mol. The van der Waals surface area contributed by atoms with E-state index in [1.54, 1.807) is 6.07 Å². The number of H-pyrrole nitrogens is 1. The lowest BCUT2D eigenvalue weighted by atomic mass is 9.89. The molecule has 0 radical (unpaired) electrons.